The summed E-state index contributed by atoms with van der Waals surface area (Å²) in [6.07, 6.45) is 2.20. The van der Waals surface area contributed by atoms with Crippen molar-refractivity contribution in [3.8, 4) is 0 Å². The predicted molar refractivity (Wildman–Crippen MR) is 62.5 cm³/mol. The van der Waals surface area contributed by atoms with Crippen LogP contribution in [0.5, 0.6) is 0 Å². The molecule has 90 valence electrons. The van der Waals surface area contributed by atoms with E-state index in [0.29, 0.717) is 18.3 Å². The smallest absolute Gasteiger partial charge is 0.220 e. The molecular formula is C12H25NO2. The molecule has 0 saturated carbocycles. The molecule has 0 bridgehead atoms. The molecule has 2 atom stereocenters. The summed E-state index contributed by atoms with van der Waals surface area (Å²) in [6.45, 7) is 8.54. The Hall–Kier alpha value is -0.570. The Balaban J connectivity index is 3.73. The van der Waals surface area contributed by atoms with Crippen LogP contribution in [-0.2, 0) is 4.79 Å². The molecule has 2 N–H and O–H groups in total. The van der Waals surface area contributed by atoms with Crippen molar-refractivity contribution in [3.05, 3.63) is 0 Å². The highest BCUT2D eigenvalue weighted by molar-refractivity contribution is 5.76. The number of aliphatic hydroxyl groups is 1. The van der Waals surface area contributed by atoms with Gasteiger partial charge in [-0.1, -0.05) is 20.8 Å². The fraction of sp³-hybridized carbons (Fsp3) is 0.917. The number of nitrogens with one attached hydrogen (secondary N) is 1. The Bertz CT molecular complexity index is 180. The molecule has 0 aromatic heterocycles. The zero-order valence-corrected chi connectivity index (χ0v) is 10.4. The van der Waals surface area contributed by atoms with Crippen LogP contribution in [0.1, 0.15) is 47.0 Å². The lowest BCUT2D eigenvalue weighted by atomic mass is 9.94. The SMILES string of the molecule is CC(CCCO)NC(=O)CC(C)C(C)C. The summed E-state index contributed by atoms with van der Waals surface area (Å²) in [5, 5.41) is 11.6. The molecule has 0 rings (SSSR count). The van der Waals surface area contributed by atoms with E-state index in [0.717, 1.165) is 12.8 Å². The predicted octanol–water partition coefficient (Wildman–Crippen LogP) is 1.95. The van der Waals surface area contributed by atoms with Gasteiger partial charge in [-0.25, -0.2) is 0 Å². The van der Waals surface area contributed by atoms with Crippen LogP contribution in [-0.4, -0.2) is 23.7 Å². The highest BCUT2D eigenvalue weighted by atomic mass is 16.2. The highest BCUT2D eigenvalue weighted by Gasteiger charge is 2.13. The molecule has 0 radical (unpaired) electrons. The second-order valence-electron chi connectivity index (χ2n) is 4.76. The monoisotopic (exact) mass is 215 g/mol. The van der Waals surface area contributed by atoms with E-state index >= 15 is 0 Å². The summed E-state index contributed by atoms with van der Waals surface area (Å²) < 4.78 is 0. The summed E-state index contributed by atoms with van der Waals surface area (Å²) in [7, 11) is 0. The maximum absolute atomic E-state index is 11.6. The van der Waals surface area contributed by atoms with Crippen molar-refractivity contribution in [1.29, 1.82) is 0 Å². The fourth-order valence-corrected chi connectivity index (χ4v) is 1.33. The summed E-state index contributed by atoms with van der Waals surface area (Å²) in [5.74, 6) is 1.10. The van der Waals surface area contributed by atoms with Crippen LogP contribution in [0.3, 0.4) is 0 Å². The molecule has 2 unspecified atom stereocenters. The van der Waals surface area contributed by atoms with Gasteiger partial charge >= 0.3 is 0 Å². The van der Waals surface area contributed by atoms with Gasteiger partial charge in [-0.05, 0) is 31.6 Å². The second kappa shape index (κ2) is 7.69. The van der Waals surface area contributed by atoms with E-state index in [9.17, 15) is 4.79 Å². The van der Waals surface area contributed by atoms with Crippen molar-refractivity contribution < 1.29 is 9.90 Å². The topological polar surface area (TPSA) is 49.3 Å². The molecule has 0 aromatic rings. The number of carbonyl (C=O) groups is 1. The van der Waals surface area contributed by atoms with Crippen LogP contribution in [0, 0.1) is 11.8 Å². The second-order valence-corrected chi connectivity index (χ2v) is 4.76. The first-order valence-electron chi connectivity index (χ1n) is 5.87. The van der Waals surface area contributed by atoms with Gasteiger partial charge in [0.2, 0.25) is 5.91 Å². The normalized spacial score (nSPS) is 15.1. The van der Waals surface area contributed by atoms with Gasteiger partial charge in [0.05, 0.1) is 0 Å². The third kappa shape index (κ3) is 7.37. The van der Waals surface area contributed by atoms with E-state index in [2.05, 4.69) is 26.1 Å². The Morgan fingerprint density at radius 1 is 1.27 bits per heavy atom. The maximum atomic E-state index is 11.6. The molecule has 0 spiro atoms. The summed E-state index contributed by atoms with van der Waals surface area (Å²) >= 11 is 0. The molecule has 0 aromatic carbocycles. The molecule has 0 aliphatic rings. The number of carbonyl (C=O) groups excluding carboxylic acids is 1. The molecule has 1 amide bonds. The molecular weight excluding hydrogens is 190 g/mol. The zero-order chi connectivity index (χ0) is 11.8. The van der Waals surface area contributed by atoms with Crippen molar-refractivity contribution >= 4 is 5.91 Å². The van der Waals surface area contributed by atoms with Crippen molar-refractivity contribution in [1.82, 2.24) is 5.32 Å². The Morgan fingerprint density at radius 2 is 1.87 bits per heavy atom. The lowest BCUT2D eigenvalue weighted by Crippen LogP contribution is -2.34. The number of rotatable bonds is 7. The standard InChI is InChI=1S/C12H25NO2/c1-9(2)10(3)8-12(15)13-11(4)6-5-7-14/h9-11,14H,5-8H2,1-4H3,(H,13,15). The molecule has 3 nitrogen and oxygen atoms in total. The average Bonchev–Trinajstić information content (AvgIpc) is 2.14. The number of hydrogen-bond donors (Lipinski definition) is 2. The van der Waals surface area contributed by atoms with Crippen molar-refractivity contribution in [3.63, 3.8) is 0 Å². The van der Waals surface area contributed by atoms with Gasteiger partial charge in [-0.2, -0.15) is 0 Å². The Morgan fingerprint density at radius 3 is 2.33 bits per heavy atom. The first kappa shape index (κ1) is 14.4. The quantitative estimate of drug-likeness (QED) is 0.682. The largest absolute Gasteiger partial charge is 0.396 e. The van der Waals surface area contributed by atoms with Gasteiger partial charge in [-0.3, -0.25) is 4.79 Å². The first-order chi connectivity index (χ1) is 6.97. The van der Waals surface area contributed by atoms with Crippen LogP contribution in [0.2, 0.25) is 0 Å². The van der Waals surface area contributed by atoms with Crippen LogP contribution in [0.4, 0.5) is 0 Å². The van der Waals surface area contributed by atoms with E-state index in [4.69, 9.17) is 5.11 Å². The Kier molecular flexibility index (Phi) is 7.39. The maximum Gasteiger partial charge on any atom is 0.220 e. The number of hydrogen-bond acceptors (Lipinski definition) is 2. The van der Waals surface area contributed by atoms with Crippen LogP contribution < -0.4 is 5.32 Å². The minimum Gasteiger partial charge on any atom is -0.396 e. The zero-order valence-electron chi connectivity index (χ0n) is 10.4. The van der Waals surface area contributed by atoms with Crippen LogP contribution in [0.15, 0.2) is 0 Å². The first-order valence-corrected chi connectivity index (χ1v) is 5.87. The average molecular weight is 215 g/mol. The minimum atomic E-state index is 0.127. The van der Waals surface area contributed by atoms with Crippen LogP contribution >= 0.6 is 0 Å². The number of amides is 1. The van der Waals surface area contributed by atoms with Gasteiger partial charge in [0.25, 0.3) is 0 Å². The molecule has 0 aliphatic heterocycles. The van der Waals surface area contributed by atoms with Crippen molar-refractivity contribution in [2.75, 3.05) is 6.61 Å². The van der Waals surface area contributed by atoms with E-state index in [1.54, 1.807) is 0 Å². The van der Waals surface area contributed by atoms with Gasteiger partial charge < -0.3 is 10.4 Å². The van der Waals surface area contributed by atoms with Gasteiger partial charge in [-0.15, -0.1) is 0 Å². The van der Waals surface area contributed by atoms with Gasteiger partial charge in [0.15, 0.2) is 0 Å². The van der Waals surface area contributed by atoms with Gasteiger partial charge in [0, 0.05) is 19.1 Å². The van der Waals surface area contributed by atoms with Crippen molar-refractivity contribution in [2.45, 2.75) is 53.0 Å². The molecule has 15 heavy (non-hydrogen) atoms. The lowest BCUT2D eigenvalue weighted by molar-refractivity contribution is -0.122. The van der Waals surface area contributed by atoms with E-state index < -0.39 is 0 Å². The summed E-state index contributed by atoms with van der Waals surface area (Å²) in [5.41, 5.74) is 0. The molecule has 0 saturated heterocycles. The van der Waals surface area contributed by atoms with E-state index in [1.165, 1.54) is 0 Å². The number of aliphatic hydroxyl groups excluding tert-OH is 1. The van der Waals surface area contributed by atoms with E-state index in [-0.39, 0.29) is 18.6 Å². The van der Waals surface area contributed by atoms with E-state index in [1.807, 2.05) is 6.92 Å². The minimum absolute atomic E-state index is 0.127. The van der Waals surface area contributed by atoms with Crippen LogP contribution in [0.25, 0.3) is 0 Å². The third-order valence-corrected chi connectivity index (χ3v) is 2.85. The summed E-state index contributed by atoms with van der Waals surface area (Å²) in [4.78, 5) is 11.6. The highest BCUT2D eigenvalue weighted by Crippen LogP contribution is 2.13. The van der Waals surface area contributed by atoms with Gasteiger partial charge in [0.1, 0.15) is 0 Å². The fourth-order valence-electron chi connectivity index (χ4n) is 1.33. The van der Waals surface area contributed by atoms with Crippen molar-refractivity contribution in [2.24, 2.45) is 11.8 Å². The molecule has 0 fully saturated rings. The molecule has 0 heterocycles. The summed E-state index contributed by atoms with van der Waals surface area (Å²) in [6, 6.07) is 0.170. The lowest BCUT2D eigenvalue weighted by Gasteiger charge is -2.18. The molecule has 0 aliphatic carbocycles. The Labute approximate surface area is 93.3 Å². The molecule has 3 heteroatoms. The third-order valence-electron chi connectivity index (χ3n) is 2.85.